The number of ether oxygens (including phenoxy) is 1. The van der Waals surface area contributed by atoms with Gasteiger partial charge in [-0.2, -0.15) is 0 Å². The SMILES string of the molecule is Cc1ccc(C2CNCC(CC(C)C)O2)cc1C. The predicted molar refractivity (Wildman–Crippen MR) is 75.9 cm³/mol. The van der Waals surface area contributed by atoms with E-state index in [9.17, 15) is 0 Å². The molecule has 1 aromatic carbocycles. The standard InChI is InChI=1S/C16H25NO/c1-11(2)7-15-9-17-10-16(18-15)14-6-5-12(3)13(4)8-14/h5-6,8,11,15-17H,7,9-10H2,1-4H3. The molecular weight excluding hydrogens is 222 g/mol. The third-order valence-corrected chi connectivity index (χ3v) is 3.70. The van der Waals surface area contributed by atoms with Gasteiger partial charge in [-0.05, 0) is 42.9 Å². The Morgan fingerprint density at radius 2 is 2.00 bits per heavy atom. The summed E-state index contributed by atoms with van der Waals surface area (Å²) in [7, 11) is 0. The minimum atomic E-state index is 0.210. The zero-order valence-electron chi connectivity index (χ0n) is 12.0. The Labute approximate surface area is 111 Å². The summed E-state index contributed by atoms with van der Waals surface area (Å²) >= 11 is 0. The number of nitrogens with one attached hydrogen (secondary N) is 1. The maximum atomic E-state index is 6.22. The van der Waals surface area contributed by atoms with Crippen molar-refractivity contribution in [3.63, 3.8) is 0 Å². The third-order valence-electron chi connectivity index (χ3n) is 3.70. The summed E-state index contributed by atoms with van der Waals surface area (Å²) in [6.45, 7) is 10.7. The van der Waals surface area contributed by atoms with Gasteiger partial charge < -0.3 is 10.1 Å². The Morgan fingerprint density at radius 3 is 2.67 bits per heavy atom. The highest BCUT2D eigenvalue weighted by Gasteiger charge is 2.23. The molecule has 1 aromatic rings. The quantitative estimate of drug-likeness (QED) is 0.884. The minimum Gasteiger partial charge on any atom is -0.368 e. The normalized spacial score (nSPS) is 24.5. The van der Waals surface area contributed by atoms with Crippen LogP contribution in [0.25, 0.3) is 0 Å². The molecule has 1 heterocycles. The summed E-state index contributed by atoms with van der Waals surface area (Å²) in [4.78, 5) is 0. The van der Waals surface area contributed by atoms with Gasteiger partial charge in [0.05, 0.1) is 12.2 Å². The smallest absolute Gasteiger partial charge is 0.0953 e. The molecule has 1 fully saturated rings. The van der Waals surface area contributed by atoms with Crippen LogP contribution in [0, 0.1) is 19.8 Å². The van der Waals surface area contributed by atoms with Crippen molar-refractivity contribution in [1.82, 2.24) is 5.32 Å². The molecule has 0 saturated carbocycles. The van der Waals surface area contributed by atoms with Gasteiger partial charge in [0.1, 0.15) is 0 Å². The van der Waals surface area contributed by atoms with Gasteiger partial charge in [-0.3, -0.25) is 0 Å². The Kier molecular flexibility index (Phi) is 4.41. The van der Waals surface area contributed by atoms with E-state index in [1.807, 2.05) is 0 Å². The fraction of sp³-hybridized carbons (Fsp3) is 0.625. The van der Waals surface area contributed by atoms with E-state index in [-0.39, 0.29) is 6.10 Å². The number of hydrogen-bond acceptors (Lipinski definition) is 2. The van der Waals surface area contributed by atoms with E-state index in [4.69, 9.17) is 4.74 Å². The first-order chi connectivity index (χ1) is 8.56. The van der Waals surface area contributed by atoms with Crippen molar-refractivity contribution in [2.75, 3.05) is 13.1 Å². The molecule has 2 nitrogen and oxygen atoms in total. The van der Waals surface area contributed by atoms with Gasteiger partial charge in [0.2, 0.25) is 0 Å². The van der Waals surface area contributed by atoms with E-state index >= 15 is 0 Å². The van der Waals surface area contributed by atoms with Crippen molar-refractivity contribution in [2.24, 2.45) is 5.92 Å². The van der Waals surface area contributed by atoms with E-state index in [2.05, 4.69) is 51.2 Å². The predicted octanol–water partition coefficient (Wildman–Crippen LogP) is 3.38. The largest absolute Gasteiger partial charge is 0.368 e. The molecule has 2 atom stereocenters. The van der Waals surface area contributed by atoms with E-state index < -0.39 is 0 Å². The second kappa shape index (κ2) is 5.85. The molecule has 18 heavy (non-hydrogen) atoms. The van der Waals surface area contributed by atoms with Gasteiger partial charge in [0.15, 0.2) is 0 Å². The van der Waals surface area contributed by atoms with Crippen LogP contribution in [0.1, 0.15) is 43.1 Å². The molecule has 1 aliphatic heterocycles. The van der Waals surface area contributed by atoms with E-state index in [1.54, 1.807) is 0 Å². The monoisotopic (exact) mass is 247 g/mol. The molecule has 1 saturated heterocycles. The van der Waals surface area contributed by atoms with E-state index in [0.29, 0.717) is 12.0 Å². The Bertz CT molecular complexity index is 400. The van der Waals surface area contributed by atoms with Crippen LogP contribution in [0.3, 0.4) is 0 Å². The maximum Gasteiger partial charge on any atom is 0.0953 e. The molecule has 0 bridgehead atoms. The number of rotatable bonds is 3. The van der Waals surface area contributed by atoms with Crippen LogP contribution in [0.2, 0.25) is 0 Å². The maximum absolute atomic E-state index is 6.22. The summed E-state index contributed by atoms with van der Waals surface area (Å²) in [5.41, 5.74) is 4.00. The molecule has 1 aliphatic rings. The van der Waals surface area contributed by atoms with Crippen molar-refractivity contribution < 1.29 is 4.74 Å². The van der Waals surface area contributed by atoms with Crippen LogP contribution < -0.4 is 5.32 Å². The second-order valence-electron chi connectivity index (χ2n) is 5.88. The van der Waals surface area contributed by atoms with Crippen LogP contribution in [-0.2, 0) is 4.74 Å². The lowest BCUT2D eigenvalue weighted by Gasteiger charge is -2.32. The van der Waals surface area contributed by atoms with E-state index in [0.717, 1.165) is 19.5 Å². The fourth-order valence-corrected chi connectivity index (χ4v) is 2.53. The first-order valence-electron chi connectivity index (χ1n) is 6.99. The lowest BCUT2D eigenvalue weighted by Crippen LogP contribution is -2.41. The zero-order chi connectivity index (χ0) is 13.1. The molecule has 2 unspecified atom stereocenters. The van der Waals surface area contributed by atoms with Crippen LogP contribution in [-0.4, -0.2) is 19.2 Å². The molecule has 0 radical (unpaired) electrons. The summed E-state index contributed by atoms with van der Waals surface area (Å²) < 4.78 is 6.22. The highest BCUT2D eigenvalue weighted by molar-refractivity contribution is 5.31. The average molecular weight is 247 g/mol. The van der Waals surface area contributed by atoms with Crippen LogP contribution in [0.4, 0.5) is 0 Å². The molecule has 0 aliphatic carbocycles. The first-order valence-corrected chi connectivity index (χ1v) is 6.99. The Balaban J connectivity index is 2.05. The summed E-state index contributed by atoms with van der Waals surface area (Å²) in [6, 6.07) is 6.66. The Hall–Kier alpha value is -0.860. The molecule has 1 N–H and O–H groups in total. The van der Waals surface area contributed by atoms with Gasteiger partial charge in [0.25, 0.3) is 0 Å². The van der Waals surface area contributed by atoms with Crippen LogP contribution in [0.15, 0.2) is 18.2 Å². The number of benzene rings is 1. The summed E-state index contributed by atoms with van der Waals surface area (Å²) in [6.07, 6.45) is 1.70. The van der Waals surface area contributed by atoms with E-state index in [1.165, 1.54) is 16.7 Å². The zero-order valence-corrected chi connectivity index (χ0v) is 12.0. The van der Waals surface area contributed by atoms with Gasteiger partial charge in [-0.25, -0.2) is 0 Å². The van der Waals surface area contributed by atoms with Crippen LogP contribution in [0.5, 0.6) is 0 Å². The lowest BCUT2D eigenvalue weighted by molar-refractivity contribution is -0.0474. The van der Waals surface area contributed by atoms with Gasteiger partial charge in [0, 0.05) is 13.1 Å². The lowest BCUT2D eigenvalue weighted by atomic mass is 10.00. The third kappa shape index (κ3) is 3.33. The molecule has 0 spiro atoms. The van der Waals surface area contributed by atoms with Gasteiger partial charge in [-0.15, -0.1) is 0 Å². The van der Waals surface area contributed by atoms with Crippen molar-refractivity contribution in [1.29, 1.82) is 0 Å². The Morgan fingerprint density at radius 1 is 1.22 bits per heavy atom. The summed E-state index contributed by atoms with van der Waals surface area (Å²) in [5.74, 6) is 0.690. The highest BCUT2D eigenvalue weighted by atomic mass is 16.5. The number of morpholine rings is 1. The number of hydrogen-bond donors (Lipinski definition) is 1. The molecule has 100 valence electrons. The fourth-order valence-electron chi connectivity index (χ4n) is 2.53. The molecule has 0 amide bonds. The van der Waals surface area contributed by atoms with Crippen molar-refractivity contribution in [3.8, 4) is 0 Å². The summed E-state index contributed by atoms with van der Waals surface area (Å²) in [5, 5.41) is 3.50. The molecular formula is C16H25NO. The highest BCUT2D eigenvalue weighted by Crippen LogP contribution is 2.25. The molecule has 0 aromatic heterocycles. The minimum absolute atomic E-state index is 0.210. The first kappa shape index (κ1) is 13.6. The second-order valence-corrected chi connectivity index (χ2v) is 5.88. The van der Waals surface area contributed by atoms with Gasteiger partial charge >= 0.3 is 0 Å². The molecule has 2 heteroatoms. The van der Waals surface area contributed by atoms with Crippen molar-refractivity contribution >= 4 is 0 Å². The molecule has 2 rings (SSSR count). The van der Waals surface area contributed by atoms with Crippen molar-refractivity contribution in [3.05, 3.63) is 34.9 Å². The van der Waals surface area contributed by atoms with Gasteiger partial charge in [-0.1, -0.05) is 32.0 Å². The number of aryl methyl sites for hydroxylation is 2. The van der Waals surface area contributed by atoms with Crippen LogP contribution >= 0.6 is 0 Å². The van der Waals surface area contributed by atoms with Crippen molar-refractivity contribution in [2.45, 2.75) is 46.3 Å². The topological polar surface area (TPSA) is 21.3 Å². The average Bonchev–Trinajstić information content (AvgIpc) is 2.32.